The highest BCUT2D eigenvalue weighted by atomic mass is 16.5. The molecule has 1 aliphatic rings. The summed E-state index contributed by atoms with van der Waals surface area (Å²) < 4.78 is 5.49. The Labute approximate surface area is 122 Å². The van der Waals surface area contributed by atoms with Gasteiger partial charge in [-0.1, -0.05) is 13.8 Å². The number of piperazine rings is 1. The van der Waals surface area contributed by atoms with Crippen molar-refractivity contribution in [1.29, 1.82) is 0 Å². The van der Waals surface area contributed by atoms with Gasteiger partial charge in [0, 0.05) is 49.5 Å². The maximum atomic E-state index is 5.49. The highest BCUT2D eigenvalue weighted by Gasteiger charge is 2.22. The first-order valence-corrected chi connectivity index (χ1v) is 7.47. The molecule has 1 aromatic rings. The molecular formula is C16H27N3O. The van der Waals surface area contributed by atoms with E-state index in [9.17, 15) is 0 Å². The second-order valence-corrected chi connectivity index (χ2v) is 6.09. The van der Waals surface area contributed by atoms with Gasteiger partial charge in [-0.15, -0.1) is 0 Å². The second-order valence-electron chi connectivity index (χ2n) is 6.09. The predicted molar refractivity (Wildman–Crippen MR) is 82.2 cm³/mol. The molecule has 0 radical (unpaired) electrons. The zero-order chi connectivity index (χ0) is 14.7. The lowest BCUT2D eigenvalue weighted by atomic mass is 10.0. The van der Waals surface area contributed by atoms with E-state index >= 15 is 0 Å². The lowest BCUT2D eigenvalue weighted by molar-refractivity contribution is 0.166. The van der Waals surface area contributed by atoms with Gasteiger partial charge in [0.25, 0.3) is 0 Å². The van der Waals surface area contributed by atoms with Gasteiger partial charge >= 0.3 is 0 Å². The third kappa shape index (κ3) is 3.30. The minimum Gasteiger partial charge on any atom is -0.496 e. The molecule has 1 aliphatic heterocycles. The summed E-state index contributed by atoms with van der Waals surface area (Å²) in [6.45, 7) is 12.9. The smallest absolute Gasteiger partial charge is 0.128 e. The van der Waals surface area contributed by atoms with E-state index in [1.54, 1.807) is 7.11 Å². The fraction of sp³-hybridized carbons (Fsp3) is 0.688. The van der Waals surface area contributed by atoms with E-state index in [1.807, 2.05) is 13.1 Å². The minimum atomic E-state index is 0.580. The van der Waals surface area contributed by atoms with Crippen molar-refractivity contribution in [2.45, 2.75) is 40.3 Å². The normalized spacial score (nSPS) is 20.4. The van der Waals surface area contributed by atoms with Crippen LogP contribution < -0.4 is 10.1 Å². The Morgan fingerprint density at radius 3 is 2.85 bits per heavy atom. The van der Waals surface area contributed by atoms with Crippen molar-refractivity contribution in [1.82, 2.24) is 15.2 Å². The van der Waals surface area contributed by atoms with Crippen LogP contribution in [0.2, 0.25) is 0 Å². The summed E-state index contributed by atoms with van der Waals surface area (Å²) in [4.78, 5) is 7.10. The number of ether oxygens (including phenoxy) is 1. The Hall–Kier alpha value is -1.13. The molecule has 0 amide bonds. The molecule has 2 rings (SSSR count). The number of nitrogens with one attached hydrogen (secondary N) is 1. The Kier molecular flexibility index (Phi) is 5.00. The topological polar surface area (TPSA) is 37.4 Å². The molecule has 112 valence electrons. The van der Waals surface area contributed by atoms with Gasteiger partial charge in [0.2, 0.25) is 0 Å². The second kappa shape index (κ2) is 6.55. The van der Waals surface area contributed by atoms with Crippen LogP contribution in [0.5, 0.6) is 5.75 Å². The predicted octanol–water partition coefficient (Wildman–Crippen LogP) is 2.14. The third-order valence-electron chi connectivity index (χ3n) is 4.22. The van der Waals surface area contributed by atoms with Gasteiger partial charge in [0.1, 0.15) is 5.75 Å². The molecule has 2 heterocycles. The number of hydrogen-bond acceptors (Lipinski definition) is 4. The molecular weight excluding hydrogens is 250 g/mol. The van der Waals surface area contributed by atoms with Gasteiger partial charge in [-0.05, 0) is 19.8 Å². The quantitative estimate of drug-likeness (QED) is 0.915. The summed E-state index contributed by atoms with van der Waals surface area (Å²) in [5.41, 5.74) is 3.41. The van der Waals surface area contributed by atoms with Crippen LogP contribution in [0.15, 0.2) is 6.20 Å². The monoisotopic (exact) mass is 277 g/mol. The average molecular weight is 277 g/mol. The van der Waals surface area contributed by atoms with Crippen LogP contribution in [0.1, 0.15) is 30.7 Å². The largest absolute Gasteiger partial charge is 0.496 e. The molecule has 4 heteroatoms. The van der Waals surface area contributed by atoms with Crippen LogP contribution in [0, 0.1) is 19.8 Å². The summed E-state index contributed by atoms with van der Waals surface area (Å²) in [5, 5.41) is 3.59. The first-order chi connectivity index (χ1) is 9.52. The Morgan fingerprint density at radius 1 is 1.45 bits per heavy atom. The Morgan fingerprint density at radius 2 is 2.20 bits per heavy atom. The number of aryl methyl sites for hydroxylation is 1. The van der Waals surface area contributed by atoms with E-state index in [0.717, 1.165) is 43.2 Å². The summed E-state index contributed by atoms with van der Waals surface area (Å²) in [7, 11) is 1.73. The molecule has 0 aromatic carbocycles. The maximum absolute atomic E-state index is 5.49. The van der Waals surface area contributed by atoms with E-state index in [2.05, 4.69) is 36.0 Å². The van der Waals surface area contributed by atoms with E-state index in [-0.39, 0.29) is 0 Å². The SMILES string of the molecule is COc1c(C)cnc(CN2CCNC(C(C)C)C2)c1C. The molecule has 1 atom stereocenters. The first kappa shape index (κ1) is 15.3. The summed E-state index contributed by atoms with van der Waals surface area (Å²) in [6, 6.07) is 0.580. The number of pyridine rings is 1. The zero-order valence-electron chi connectivity index (χ0n) is 13.4. The van der Waals surface area contributed by atoms with Crippen LogP contribution in [0.3, 0.4) is 0 Å². The van der Waals surface area contributed by atoms with E-state index in [4.69, 9.17) is 4.74 Å². The molecule has 1 aromatic heterocycles. The highest BCUT2D eigenvalue weighted by molar-refractivity contribution is 5.41. The van der Waals surface area contributed by atoms with Crippen LogP contribution in [0.4, 0.5) is 0 Å². The molecule has 0 bridgehead atoms. The molecule has 1 N–H and O–H groups in total. The third-order valence-corrected chi connectivity index (χ3v) is 4.22. The van der Waals surface area contributed by atoms with Crippen LogP contribution in [-0.2, 0) is 6.54 Å². The van der Waals surface area contributed by atoms with Crippen LogP contribution in [0.25, 0.3) is 0 Å². The van der Waals surface area contributed by atoms with Crippen molar-refractivity contribution in [3.63, 3.8) is 0 Å². The lowest BCUT2D eigenvalue weighted by Gasteiger charge is -2.35. The fourth-order valence-corrected chi connectivity index (χ4v) is 2.87. The molecule has 1 saturated heterocycles. The van der Waals surface area contributed by atoms with Crippen molar-refractivity contribution in [2.75, 3.05) is 26.7 Å². The van der Waals surface area contributed by atoms with Gasteiger partial charge in [0.05, 0.1) is 12.8 Å². The van der Waals surface area contributed by atoms with Gasteiger partial charge in [-0.3, -0.25) is 9.88 Å². The Bertz CT molecular complexity index is 459. The van der Waals surface area contributed by atoms with Crippen LogP contribution in [-0.4, -0.2) is 42.7 Å². The fourth-order valence-electron chi connectivity index (χ4n) is 2.87. The van der Waals surface area contributed by atoms with Gasteiger partial charge in [-0.25, -0.2) is 0 Å². The van der Waals surface area contributed by atoms with E-state index in [0.29, 0.717) is 12.0 Å². The summed E-state index contributed by atoms with van der Waals surface area (Å²) >= 11 is 0. The number of rotatable bonds is 4. The lowest BCUT2D eigenvalue weighted by Crippen LogP contribution is -2.52. The molecule has 0 saturated carbocycles. The number of hydrogen-bond donors (Lipinski definition) is 1. The van der Waals surface area contributed by atoms with Gasteiger partial charge < -0.3 is 10.1 Å². The number of aromatic nitrogens is 1. The molecule has 0 aliphatic carbocycles. The standard InChI is InChI=1S/C16H27N3O/c1-11(2)14-9-19(7-6-17-14)10-15-13(4)16(20-5)12(3)8-18-15/h8,11,14,17H,6-7,9-10H2,1-5H3. The molecule has 20 heavy (non-hydrogen) atoms. The number of nitrogens with zero attached hydrogens (tertiary/aromatic N) is 2. The minimum absolute atomic E-state index is 0.580. The number of methoxy groups -OCH3 is 1. The van der Waals surface area contributed by atoms with Crippen molar-refractivity contribution >= 4 is 0 Å². The van der Waals surface area contributed by atoms with E-state index < -0.39 is 0 Å². The first-order valence-electron chi connectivity index (χ1n) is 7.47. The molecule has 1 unspecified atom stereocenters. The van der Waals surface area contributed by atoms with Crippen molar-refractivity contribution in [2.24, 2.45) is 5.92 Å². The van der Waals surface area contributed by atoms with Crippen molar-refractivity contribution < 1.29 is 4.74 Å². The highest BCUT2D eigenvalue weighted by Crippen LogP contribution is 2.25. The van der Waals surface area contributed by atoms with Crippen LogP contribution >= 0.6 is 0 Å². The van der Waals surface area contributed by atoms with Crippen molar-refractivity contribution in [3.05, 3.63) is 23.0 Å². The summed E-state index contributed by atoms with van der Waals surface area (Å²) in [6.07, 6.45) is 1.92. The Balaban J connectivity index is 2.10. The molecule has 0 spiro atoms. The molecule has 4 nitrogen and oxygen atoms in total. The maximum Gasteiger partial charge on any atom is 0.128 e. The van der Waals surface area contributed by atoms with Crippen molar-refractivity contribution in [3.8, 4) is 5.75 Å². The zero-order valence-corrected chi connectivity index (χ0v) is 13.4. The molecule has 1 fully saturated rings. The summed E-state index contributed by atoms with van der Waals surface area (Å²) in [5.74, 6) is 1.64. The van der Waals surface area contributed by atoms with Gasteiger partial charge in [0.15, 0.2) is 0 Å². The average Bonchev–Trinajstić information content (AvgIpc) is 2.43. The van der Waals surface area contributed by atoms with E-state index in [1.165, 1.54) is 5.56 Å². The van der Waals surface area contributed by atoms with Gasteiger partial charge in [-0.2, -0.15) is 0 Å².